The average molecular weight is 208 g/mol. The Bertz CT molecular complexity index is 286. The van der Waals surface area contributed by atoms with E-state index in [4.69, 9.17) is 4.74 Å². The molecule has 84 valence electrons. The maximum Gasteiger partial charge on any atom is 0.302 e. The van der Waals surface area contributed by atoms with Crippen LogP contribution in [-0.4, -0.2) is 12.1 Å². The average Bonchev–Trinajstić information content (AvgIpc) is 2.72. The van der Waals surface area contributed by atoms with E-state index < -0.39 is 0 Å². The highest BCUT2D eigenvalue weighted by atomic mass is 16.5. The summed E-state index contributed by atoms with van der Waals surface area (Å²) in [6, 6.07) is 0. The van der Waals surface area contributed by atoms with Crippen LogP contribution in [0.2, 0.25) is 0 Å². The SMILES string of the molecule is CC(=O)OC1CC2C3CC(C2C1)[C@H](C)C3. The molecule has 0 radical (unpaired) electrons. The van der Waals surface area contributed by atoms with Crippen LogP contribution in [0.15, 0.2) is 0 Å². The molecule has 3 saturated carbocycles. The van der Waals surface area contributed by atoms with Crippen molar-refractivity contribution in [2.75, 3.05) is 0 Å². The normalized spacial score (nSPS) is 51.9. The third kappa shape index (κ3) is 1.41. The second-order valence-electron chi connectivity index (χ2n) is 5.90. The first-order valence-corrected chi connectivity index (χ1v) is 6.32. The van der Waals surface area contributed by atoms with Gasteiger partial charge in [-0.15, -0.1) is 0 Å². The minimum absolute atomic E-state index is 0.0969. The molecule has 0 aromatic carbocycles. The molecule has 0 amide bonds. The molecule has 3 fully saturated rings. The molecule has 5 unspecified atom stereocenters. The fourth-order valence-corrected chi connectivity index (χ4v) is 4.70. The second-order valence-corrected chi connectivity index (χ2v) is 5.90. The molecular formula is C13H20O2. The smallest absolute Gasteiger partial charge is 0.302 e. The number of hydrogen-bond donors (Lipinski definition) is 0. The number of hydrogen-bond acceptors (Lipinski definition) is 2. The molecule has 2 nitrogen and oxygen atoms in total. The van der Waals surface area contributed by atoms with Crippen LogP contribution in [0.5, 0.6) is 0 Å². The quantitative estimate of drug-likeness (QED) is 0.619. The van der Waals surface area contributed by atoms with Crippen molar-refractivity contribution in [3.8, 4) is 0 Å². The summed E-state index contributed by atoms with van der Waals surface area (Å²) in [5.41, 5.74) is 0. The third-order valence-corrected chi connectivity index (χ3v) is 5.09. The van der Waals surface area contributed by atoms with Crippen molar-refractivity contribution in [2.45, 2.75) is 45.6 Å². The van der Waals surface area contributed by atoms with E-state index in [1.807, 2.05) is 0 Å². The molecule has 0 heterocycles. The summed E-state index contributed by atoms with van der Waals surface area (Å²) in [5.74, 6) is 4.49. The summed E-state index contributed by atoms with van der Waals surface area (Å²) >= 11 is 0. The van der Waals surface area contributed by atoms with Gasteiger partial charge >= 0.3 is 5.97 Å². The van der Waals surface area contributed by atoms with Gasteiger partial charge in [-0.1, -0.05) is 6.92 Å². The fraction of sp³-hybridized carbons (Fsp3) is 0.923. The van der Waals surface area contributed by atoms with Gasteiger partial charge in [0.25, 0.3) is 0 Å². The standard InChI is InChI=1S/C13H20O2/c1-7-3-9-4-11(7)13-6-10(5-12(9)13)15-8(2)14/h7,9-13H,3-6H2,1-2H3/t7-,9?,10?,11?,12?,13?/m1/s1. The van der Waals surface area contributed by atoms with Crippen LogP contribution in [0.4, 0.5) is 0 Å². The lowest BCUT2D eigenvalue weighted by molar-refractivity contribution is -0.146. The maximum atomic E-state index is 10.9. The van der Waals surface area contributed by atoms with E-state index >= 15 is 0 Å². The largest absolute Gasteiger partial charge is 0.463 e. The molecule has 0 spiro atoms. The van der Waals surface area contributed by atoms with Gasteiger partial charge in [0.2, 0.25) is 0 Å². The van der Waals surface area contributed by atoms with Crippen molar-refractivity contribution >= 4 is 5.97 Å². The van der Waals surface area contributed by atoms with E-state index in [0.29, 0.717) is 0 Å². The highest BCUT2D eigenvalue weighted by Crippen LogP contribution is 2.61. The van der Waals surface area contributed by atoms with E-state index in [1.165, 1.54) is 19.8 Å². The van der Waals surface area contributed by atoms with E-state index in [9.17, 15) is 4.79 Å². The molecule has 2 bridgehead atoms. The summed E-state index contributed by atoms with van der Waals surface area (Å²) in [5, 5.41) is 0. The topological polar surface area (TPSA) is 26.3 Å². The van der Waals surface area contributed by atoms with Crippen LogP contribution >= 0.6 is 0 Å². The number of carbonyl (C=O) groups excluding carboxylic acids is 1. The van der Waals surface area contributed by atoms with E-state index in [0.717, 1.165) is 42.4 Å². The predicted molar refractivity (Wildman–Crippen MR) is 57.1 cm³/mol. The van der Waals surface area contributed by atoms with Crippen LogP contribution in [0, 0.1) is 29.6 Å². The van der Waals surface area contributed by atoms with E-state index in [-0.39, 0.29) is 12.1 Å². The Morgan fingerprint density at radius 2 is 1.80 bits per heavy atom. The third-order valence-electron chi connectivity index (χ3n) is 5.09. The van der Waals surface area contributed by atoms with Gasteiger partial charge in [-0.3, -0.25) is 4.79 Å². The summed E-state index contributed by atoms with van der Waals surface area (Å²) in [6.45, 7) is 3.94. The Morgan fingerprint density at radius 1 is 1.07 bits per heavy atom. The first kappa shape index (κ1) is 9.68. The zero-order valence-electron chi connectivity index (χ0n) is 9.61. The number of carbonyl (C=O) groups is 1. The lowest BCUT2D eigenvalue weighted by Crippen LogP contribution is -2.22. The minimum atomic E-state index is -0.0969. The molecule has 3 aliphatic rings. The maximum absolute atomic E-state index is 10.9. The Labute approximate surface area is 91.4 Å². The van der Waals surface area contributed by atoms with Gasteiger partial charge in [0, 0.05) is 6.92 Å². The number of ether oxygens (including phenoxy) is 1. The molecular weight excluding hydrogens is 188 g/mol. The van der Waals surface area contributed by atoms with E-state index in [2.05, 4.69) is 6.92 Å². The predicted octanol–water partition coefficient (Wildman–Crippen LogP) is 2.62. The minimum Gasteiger partial charge on any atom is -0.463 e. The molecule has 6 atom stereocenters. The summed E-state index contributed by atoms with van der Waals surface area (Å²) in [7, 11) is 0. The monoisotopic (exact) mass is 208 g/mol. The van der Waals surface area contributed by atoms with Gasteiger partial charge in [0.05, 0.1) is 0 Å². The van der Waals surface area contributed by atoms with Gasteiger partial charge in [-0.05, 0) is 55.3 Å². The van der Waals surface area contributed by atoms with Gasteiger partial charge in [-0.25, -0.2) is 0 Å². The van der Waals surface area contributed by atoms with Crippen LogP contribution < -0.4 is 0 Å². The number of fused-ring (bicyclic) bond motifs is 5. The van der Waals surface area contributed by atoms with Gasteiger partial charge in [0.15, 0.2) is 0 Å². The first-order chi connectivity index (χ1) is 7.15. The Balaban J connectivity index is 1.69. The summed E-state index contributed by atoms with van der Waals surface area (Å²) in [6.07, 6.45) is 5.43. The van der Waals surface area contributed by atoms with Gasteiger partial charge in [0.1, 0.15) is 6.10 Å². The highest BCUT2D eigenvalue weighted by molar-refractivity contribution is 5.66. The molecule has 2 heteroatoms. The van der Waals surface area contributed by atoms with Crippen LogP contribution in [0.1, 0.15) is 39.5 Å². The fourth-order valence-electron chi connectivity index (χ4n) is 4.70. The Kier molecular flexibility index (Phi) is 2.08. The van der Waals surface area contributed by atoms with Crippen molar-refractivity contribution in [3.05, 3.63) is 0 Å². The molecule has 0 N–H and O–H groups in total. The first-order valence-electron chi connectivity index (χ1n) is 6.32. The molecule has 0 aromatic heterocycles. The molecule has 3 aliphatic carbocycles. The molecule has 0 aliphatic heterocycles. The molecule has 0 saturated heterocycles. The van der Waals surface area contributed by atoms with Crippen molar-refractivity contribution in [3.63, 3.8) is 0 Å². The van der Waals surface area contributed by atoms with Crippen LogP contribution in [0.25, 0.3) is 0 Å². The number of rotatable bonds is 1. The van der Waals surface area contributed by atoms with Crippen molar-refractivity contribution in [1.82, 2.24) is 0 Å². The summed E-state index contributed by atoms with van der Waals surface area (Å²) < 4.78 is 5.37. The van der Waals surface area contributed by atoms with Crippen LogP contribution in [0.3, 0.4) is 0 Å². The van der Waals surface area contributed by atoms with E-state index in [1.54, 1.807) is 0 Å². The Hall–Kier alpha value is -0.530. The zero-order valence-corrected chi connectivity index (χ0v) is 9.61. The van der Waals surface area contributed by atoms with Gasteiger partial charge in [-0.2, -0.15) is 0 Å². The Morgan fingerprint density at radius 3 is 2.53 bits per heavy atom. The lowest BCUT2D eigenvalue weighted by Gasteiger charge is -2.28. The van der Waals surface area contributed by atoms with Crippen molar-refractivity contribution in [2.24, 2.45) is 29.6 Å². The number of esters is 1. The second kappa shape index (κ2) is 3.23. The van der Waals surface area contributed by atoms with Crippen molar-refractivity contribution < 1.29 is 9.53 Å². The highest BCUT2D eigenvalue weighted by Gasteiger charge is 2.55. The summed E-state index contributed by atoms with van der Waals surface area (Å²) in [4.78, 5) is 10.9. The van der Waals surface area contributed by atoms with Crippen molar-refractivity contribution in [1.29, 1.82) is 0 Å². The zero-order chi connectivity index (χ0) is 10.6. The molecule has 3 rings (SSSR count). The molecule has 15 heavy (non-hydrogen) atoms. The molecule has 0 aromatic rings. The van der Waals surface area contributed by atoms with Crippen LogP contribution in [-0.2, 0) is 9.53 Å². The lowest BCUT2D eigenvalue weighted by atomic mass is 9.77. The van der Waals surface area contributed by atoms with Gasteiger partial charge < -0.3 is 4.74 Å².